The van der Waals surface area contributed by atoms with Gasteiger partial charge in [-0.2, -0.15) is 5.26 Å². The molecule has 2 aliphatic rings. The Morgan fingerprint density at radius 1 is 0.938 bits per heavy atom. The molecule has 2 amide bonds. The lowest BCUT2D eigenvalue weighted by molar-refractivity contribution is -0.139. The highest BCUT2D eigenvalue weighted by molar-refractivity contribution is 6.06. The van der Waals surface area contributed by atoms with E-state index in [0.29, 0.717) is 51.0 Å². The summed E-state index contributed by atoms with van der Waals surface area (Å²) in [6, 6.07) is 18.2. The van der Waals surface area contributed by atoms with Gasteiger partial charge in [-0.3, -0.25) is 9.59 Å². The normalized spacial score (nSPS) is 21.0. The molecule has 5 rings (SSSR count). The summed E-state index contributed by atoms with van der Waals surface area (Å²) in [6.07, 6.45) is 4.23. The quantitative estimate of drug-likeness (QED) is 0.681. The molecule has 1 aliphatic carbocycles. The number of carbonyl (C=O) groups is 2. The third-order valence-corrected chi connectivity index (χ3v) is 6.95. The number of fused-ring (bicyclic) bond motifs is 2. The van der Waals surface area contributed by atoms with Crippen LogP contribution in [0.25, 0.3) is 10.9 Å². The van der Waals surface area contributed by atoms with E-state index in [9.17, 15) is 14.9 Å². The number of hydrogen-bond acceptors (Lipinski definition) is 3. The fourth-order valence-electron chi connectivity index (χ4n) is 5.11. The summed E-state index contributed by atoms with van der Waals surface area (Å²) in [6.45, 7) is 2.10. The van der Waals surface area contributed by atoms with Crippen LogP contribution in [-0.2, 0) is 17.6 Å². The fraction of sp³-hybridized carbons (Fsp3) is 0.346. The first-order valence-corrected chi connectivity index (χ1v) is 11.2. The number of nitriles is 1. The van der Waals surface area contributed by atoms with E-state index in [1.165, 1.54) is 5.56 Å². The van der Waals surface area contributed by atoms with Crippen LogP contribution in [0.5, 0.6) is 0 Å². The second-order valence-electron chi connectivity index (χ2n) is 8.83. The van der Waals surface area contributed by atoms with Crippen LogP contribution < -0.4 is 0 Å². The maximum absolute atomic E-state index is 13.5. The molecule has 1 aromatic heterocycles. The minimum absolute atomic E-state index is 0.0154. The second-order valence-corrected chi connectivity index (χ2v) is 8.83. The number of aromatic nitrogens is 1. The van der Waals surface area contributed by atoms with Gasteiger partial charge in [0.05, 0.1) is 11.6 Å². The molecule has 1 unspecified atom stereocenters. The number of para-hydroxylation sites is 1. The van der Waals surface area contributed by atoms with Crippen molar-refractivity contribution in [3.8, 4) is 6.07 Å². The fourth-order valence-corrected chi connectivity index (χ4v) is 5.11. The number of aromatic amines is 1. The van der Waals surface area contributed by atoms with Crippen molar-refractivity contribution in [2.45, 2.75) is 25.7 Å². The average Bonchev–Trinajstić information content (AvgIpc) is 3.12. The van der Waals surface area contributed by atoms with Gasteiger partial charge in [0.25, 0.3) is 5.91 Å². The zero-order valence-corrected chi connectivity index (χ0v) is 18.0. The van der Waals surface area contributed by atoms with Crippen LogP contribution in [-0.4, -0.2) is 52.8 Å². The maximum atomic E-state index is 13.5. The molecule has 0 spiro atoms. The highest BCUT2D eigenvalue weighted by Crippen LogP contribution is 2.37. The molecular formula is C26H26N4O2. The van der Waals surface area contributed by atoms with E-state index in [1.807, 2.05) is 47.4 Å². The number of hydrogen-bond donors (Lipinski definition) is 1. The maximum Gasteiger partial charge on any atom is 0.256 e. The Labute approximate surface area is 187 Å². The van der Waals surface area contributed by atoms with E-state index >= 15 is 0 Å². The van der Waals surface area contributed by atoms with Crippen LogP contribution in [0.2, 0.25) is 0 Å². The van der Waals surface area contributed by atoms with Gasteiger partial charge in [-0.05, 0) is 36.5 Å². The summed E-state index contributed by atoms with van der Waals surface area (Å²) in [4.78, 5) is 33.6. The predicted octanol–water partition coefficient (Wildman–Crippen LogP) is 3.54. The summed E-state index contributed by atoms with van der Waals surface area (Å²) in [7, 11) is 0. The van der Waals surface area contributed by atoms with Crippen LogP contribution in [0.1, 0.15) is 34.3 Å². The number of rotatable bonds is 2. The minimum atomic E-state index is -1.01. The van der Waals surface area contributed by atoms with Crippen molar-refractivity contribution in [3.05, 3.63) is 71.4 Å². The van der Waals surface area contributed by atoms with Gasteiger partial charge in [0.2, 0.25) is 5.91 Å². The highest BCUT2D eigenvalue weighted by Gasteiger charge is 2.44. The van der Waals surface area contributed by atoms with Crippen LogP contribution >= 0.6 is 0 Å². The van der Waals surface area contributed by atoms with E-state index in [-0.39, 0.29) is 11.8 Å². The van der Waals surface area contributed by atoms with E-state index in [4.69, 9.17) is 0 Å². The number of H-pyrrole nitrogens is 1. The molecule has 0 saturated carbocycles. The topological polar surface area (TPSA) is 80.2 Å². The SMILES string of the molecule is N#CC1(C(=O)N2CCCN(C(=O)c3c[nH]c4ccccc34)CC2)CCc2ccccc2C1. The summed E-state index contributed by atoms with van der Waals surface area (Å²) >= 11 is 0. The van der Waals surface area contributed by atoms with E-state index < -0.39 is 5.41 Å². The van der Waals surface area contributed by atoms with E-state index in [2.05, 4.69) is 17.1 Å². The first-order valence-electron chi connectivity index (χ1n) is 11.2. The van der Waals surface area contributed by atoms with Crippen LogP contribution in [0, 0.1) is 16.7 Å². The van der Waals surface area contributed by atoms with Crippen LogP contribution in [0.4, 0.5) is 0 Å². The molecule has 2 aromatic carbocycles. The number of amides is 2. The third kappa shape index (κ3) is 3.44. The van der Waals surface area contributed by atoms with Gasteiger partial charge in [0.15, 0.2) is 0 Å². The molecule has 0 bridgehead atoms. The lowest BCUT2D eigenvalue weighted by Gasteiger charge is -2.35. The van der Waals surface area contributed by atoms with Crippen molar-refractivity contribution in [1.29, 1.82) is 5.26 Å². The predicted molar refractivity (Wildman–Crippen MR) is 122 cm³/mol. The Kier molecular flexibility index (Phi) is 5.18. The smallest absolute Gasteiger partial charge is 0.256 e. The lowest BCUT2D eigenvalue weighted by atomic mass is 9.71. The van der Waals surface area contributed by atoms with E-state index in [0.717, 1.165) is 22.9 Å². The van der Waals surface area contributed by atoms with Gasteiger partial charge in [-0.25, -0.2) is 0 Å². The number of carbonyl (C=O) groups excluding carboxylic acids is 2. The Bertz CT molecular complexity index is 1220. The van der Waals surface area contributed by atoms with Gasteiger partial charge in [-0.1, -0.05) is 42.5 Å². The molecule has 3 aromatic rings. The van der Waals surface area contributed by atoms with Crippen LogP contribution in [0.15, 0.2) is 54.7 Å². The third-order valence-electron chi connectivity index (χ3n) is 6.95. The molecule has 1 fully saturated rings. The summed E-state index contributed by atoms with van der Waals surface area (Å²) in [5, 5.41) is 11.0. The average molecular weight is 427 g/mol. The molecule has 1 atom stereocenters. The molecular weight excluding hydrogens is 400 g/mol. The molecule has 162 valence electrons. The van der Waals surface area contributed by atoms with Crippen molar-refractivity contribution in [3.63, 3.8) is 0 Å². The molecule has 1 saturated heterocycles. The Morgan fingerprint density at radius 3 is 2.50 bits per heavy atom. The summed E-state index contributed by atoms with van der Waals surface area (Å²) in [5.41, 5.74) is 2.93. The van der Waals surface area contributed by atoms with Gasteiger partial charge >= 0.3 is 0 Å². The first kappa shape index (κ1) is 20.3. The zero-order valence-electron chi connectivity index (χ0n) is 18.0. The molecule has 2 heterocycles. The molecule has 0 radical (unpaired) electrons. The number of nitrogens with zero attached hydrogens (tertiary/aromatic N) is 3. The molecule has 1 aliphatic heterocycles. The largest absolute Gasteiger partial charge is 0.360 e. The van der Waals surface area contributed by atoms with Gasteiger partial charge < -0.3 is 14.8 Å². The first-order chi connectivity index (χ1) is 15.6. The summed E-state index contributed by atoms with van der Waals surface area (Å²) < 4.78 is 0. The molecule has 6 heteroatoms. The Hall–Kier alpha value is -3.59. The number of benzene rings is 2. The summed E-state index contributed by atoms with van der Waals surface area (Å²) in [5.74, 6) is -0.103. The second kappa shape index (κ2) is 8.16. The van der Waals surface area contributed by atoms with Crippen molar-refractivity contribution in [1.82, 2.24) is 14.8 Å². The molecule has 6 nitrogen and oxygen atoms in total. The van der Waals surface area contributed by atoms with Crippen molar-refractivity contribution >= 4 is 22.7 Å². The van der Waals surface area contributed by atoms with Crippen molar-refractivity contribution < 1.29 is 9.59 Å². The Balaban J connectivity index is 1.31. The lowest BCUT2D eigenvalue weighted by Crippen LogP contribution is -2.47. The standard InChI is InChI=1S/C26H26N4O2/c27-18-26(11-10-19-6-1-2-7-20(19)16-26)25(32)30-13-5-12-29(14-15-30)24(31)22-17-28-23-9-4-3-8-21(22)23/h1-4,6-9,17,28H,5,10-16H2. The van der Waals surface area contributed by atoms with Gasteiger partial charge in [0.1, 0.15) is 5.41 Å². The van der Waals surface area contributed by atoms with Crippen molar-refractivity contribution in [2.24, 2.45) is 5.41 Å². The number of aryl methyl sites for hydroxylation is 1. The van der Waals surface area contributed by atoms with Crippen molar-refractivity contribution in [2.75, 3.05) is 26.2 Å². The monoisotopic (exact) mass is 426 g/mol. The van der Waals surface area contributed by atoms with Gasteiger partial charge in [-0.15, -0.1) is 0 Å². The van der Waals surface area contributed by atoms with Crippen LogP contribution in [0.3, 0.4) is 0 Å². The minimum Gasteiger partial charge on any atom is -0.360 e. The van der Waals surface area contributed by atoms with E-state index in [1.54, 1.807) is 11.1 Å². The molecule has 1 N–H and O–H groups in total. The number of nitrogens with one attached hydrogen (secondary N) is 1. The zero-order chi connectivity index (χ0) is 22.1. The molecule has 32 heavy (non-hydrogen) atoms. The Morgan fingerprint density at radius 2 is 1.66 bits per heavy atom. The van der Waals surface area contributed by atoms with Gasteiger partial charge in [0, 0.05) is 49.7 Å². The highest BCUT2D eigenvalue weighted by atomic mass is 16.2.